The summed E-state index contributed by atoms with van der Waals surface area (Å²) < 4.78 is 5.55. The Morgan fingerprint density at radius 3 is 2.62 bits per heavy atom. The molecule has 2 aliphatic rings. The SMILES string of the molecule is CCN(CC1COCCC1N)C1CCCC1. The fourth-order valence-corrected chi connectivity index (χ4v) is 3.11. The van der Waals surface area contributed by atoms with Crippen LogP contribution in [-0.4, -0.2) is 43.3 Å². The van der Waals surface area contributed by atoms with E-state index in [1.165, 1.54) is 25.7 Å². The van der Waals surface area contributed by atoms with Crippen molar-refractivity contribution in [3.05, 3.63) is 0 Å². The Kier molecular flexibility index (Phi) is 4.62. The van der Waals surface area contributed by atoms with Gasteiger partial charge in [0.2, 0.25) is 0 Å². The molecule has 1 heterocycles. The molecule has 94 valence electrons. The molecule has 0 aromatic rings. The van der Waals surface area contributed by atoms with Gasteiger partial charge < -0.3 is 15.4 Å². The molecule has 16 heavy (non-hydrogen) atoms. The molecular weight excluding hydrogens is 200 g/mol. The van der Waals surface area contributed by atoms with Gasteiger partial charge in [-0.15, -0.1) is 0 Å². The Balaban J connectivity index is 1.84. The average Bonchev–Trinajstić information content (AvgIpc) is 2.81. The molecule has 3 nitrogen and oxygen atoms in total. The van der Waals surface area contributed by atoms with Crippen molar-refractivity contribution in [2.24, 2.45) is 11.7 Å². The molecule has 0 radical (unpaired) electrons. The molecule has 0 aromatic carbocycles. The minimum absolute atomic E-state index is 0.351. The van der Waals surface area contributed by atoms with E-state index in [9.17, 15) is 0 Å². The van der Waals surface area contributed by atoms with Gasteiger partial charge in [0.15, 0.2) is 0 Å². The molecule has 2 fully saturated rings. The predicted octanol–water partition coefficient (Wildman–Crippen LogP) is 1.61. The Labute approximate surface area is 99.3 Å². The molecule has 0 amide bonds. The molecule has 1 saturated carbocycles. The summed E-state index contributed by atoms with van der Waals surface area (Å²) in [7, 11) is 0. The highest BCUT2D eigenvalue weighted by molar-refractivity contribution is 4.83. The number of nitrogens with zero attached hydrogens (tertiary/aromatic N) is 1. The van der Waals surface area contributed by atoms with Gasteiger partial charge in [0.1, 0.15) is 0 Å². The van der Waals surface area contributed by atoms with E-state index >= 15 is 0 Å². The molecular formula is C13H26N2O. The van der Waals surface area contributed by atoms with Gasteiger partial charge in [-0.3, -0.25) is 0 Å². The number of hydrogen-bond acceptors (Lipinski definition) is 3. The highest BCUT2D eigenvalue weighted by Gasteiger charge is 2.28. The second-order valence-corrected chi connectivity index (χ2v) is 5.31. The molecule has 1 saturated heterocycles. The molecule has 3 heteroatoms. The van der Waals surface area contributed by atoms with Crippen LogP contribution in [0.25, 0.3) is 0 Å². The largest absolute Gasteiger partial charge is 0.381 e. The Morgan fingerprint density at radius 1 is 1.25 bits per heavy atom. The van der Waals surface area contributed by atoms with Gasteiger partial charge >= 0.3 is 0 Å². The van der Waals surface area contributed by atoms with Gasteiger partial charge in [0, 0.05) is 31.2 Å². The summed E-state index contributed by atoms with van der Waals surface area (Å²) in [4.78, 5) is 2.63. The zero-order valence-electron chi connectivity index (χ0n) is 10.5. The molecule has 1 aliphatic carbocycles. The third-order valence-corrected chi connectivity index (χ3v) is 4.25. The topological polar surface area (TPSA) is 38.5 Å². The second kappa shape index (κ2) is 5.99. The van der Waals surface area contributed by atoms with Crippen LogP contribution in [0.4, 0.5) is 0 Å². The lowest BCUT2D eigenvalue weighted by atomic mass is 9.95. The van der Waals surface area contributed by atoms with Crippen molar-refractivity contribution in [2.45, 2.75) is 51.1 Å². The van der Waals surface area contributed by atoms with Crippen LogP contribution < -0.4 is 5.73 Å². The molecule has 0 bridgehead atoms. The third kappa shape index (κ3) is 2.96. The minimum atomic E-state index is 0.351. The van der Waals surface area contributed by atoms with Crippen molar-refractivity contribution in [2.75, 3.05) is 26.3 Å². The lowest BCUT2D eigenvalue weighted by Crippen LogP contribution is -2.47. The van der Waals surface area contributed by atoms with Crippen LogP contribution in [0, 0.1) is 5.92 Å². The van der Waals surface area contributed by atoms with E-state index in [-0.39, 0.29) is 0 Å². The first-order valence-electron chi connectivity index (χ1n) is 6.88. The van der Waals surface area contributed by atoms with Crippen molar-refractivity contribution in [1.29, 1.82) is 0 Å². The molecule has 2 atom stereocenters. The molecule has 1 aliphatic heterocycles. The van der Waals surface area contributed by atoms with E-state index in [0.29, 0.717) is 12.0 Å². The van der Waals surface area contributed by atoms with Crippen LogP contribution in [0.5, 0.6) is 0 Å². The van der Waals surface area contributed by atoms with Crippen molar-refractivity contribution in [3.63, 3.8) is 0 Å². The van der Waals surface area contributed by atoms with Gasteiger partial charge in [0.25, 0.3) is 0 Å². The number of ether oxygens (including phenoxy) is 1. The van der Waals surface area contributed by atoms with E-state index in [1.54, 1.807) is 0 Å². The summed E-state index contributed by atoms with van der Waals surface area (Å²) in [6.45, 7) is 6.29. The maximum absolute atomic E-state index is 6.17. The Hall–Kier alpha value is -0.120. The summed E-state index contributed by atoms with van der Waals surface area (Å²) in [5.41, 5.74) is 6.17. The standard InChI is InChI=1S/C13H26N2O/c1-2-15(12-5-3-4-6-12)9-11-10-16-8-7-13(11)14/h11-13H,2-10,14H2,1H3. The second-order valence-electron chi connectivity index (χ2n) is 5.31. The number of hydrogen-bond donors (Lipinski definition) is 1. The van der Waals surface area contributed by atoms with Gasteiger partial charge in [-0.2, -0.15) is 0 Å². The smallest absolute Gasteiger partial charge is 0.0521 e. The third-order valence-electron chi connectivity index (χ3n) is 4.25. The molecule has 2 N–H and O–H groups in total. The molecule has 2 rings (SSSR count). The van der Waals surface area contributed by atoms with Crippen molar-refractivity contribution in [1.82, 2.24) is 4.90 Å². The summed E-state index contributed by atoms with van der Waals surface area (Å²) in [5.74, 6) is 0.550. The first-order chi connectivity index (χ1) is 7.81. The normalized spacial score (nSPS) is 32.4. The highest BCUT2D eigenvalue weighted by Crippen LogP contribution is 2.25. The fraction of sp³-hybridized carbons (Fsp3) is 1.00. The van der Waals surface area contributed by atoms with E-state index in [1.807, 2.05) is 0 Å². The lowest BCUT2D eigenvalue weighted by Gasteiger charge is -2.36. The first kappa shape index (κ1) is 12.3. The van der Waals surface area contributed by atoms with E-state index in [2.05, 4.69) is 11.8 Å². The van der Waals surface area contributed by atoms with Crippen LogP contribution in [0.2, 0.25) is 0 Å². The van der Waals surface area contributed by atoms with Crippen LogP contribution in [0.3, 0.4) is 0 Å². The van der Waals surface area contributed by atoms with Gasteiger partial charge in [-0.05, 0) is 25.8 Å². The first-order valence-corrected chi connectivity index (χ1v) is 6.88. The van der Waals surface area contributed by atoms with Crippen LogP contribution in [0.1, 0.15) is 39.0 Å². The summed E-state index contributed by atoms with van der Waals surface area (Å²) in [5, 5.41) is 0. The number of rotatable bonds is 4. The van der Waals surface area contributed by atoms with Gasteiger partial charge in [0.05, 0.1) is 6.61 Å². The van der Waals surface area contributed by atoms with E-state index < -0.39 is 0 Å². The predicted molar refractivity (Wildman–Crippen MR) is 66.4 cm³/mol. The van der Waals surface area contributed by atoms with Crippen molar-refractivity contribution < 1.29 is 4.74 Å². The highest BCUT2D eigenvalue weighted by atomic mass is 16.5. The fourth-order valence-electron chi connectivity index (χ4n) is 3.11. The molecule has 0 aromatic heterocycles. The maximum Gasteiger partial charge on any atom is 0.0521 e. The zero-order valence-corrected chi connectivity index (χ0v) is 10.5. The monoisotopic (exact) mass is 226 g/mol. The van der Waals surface area contributed by atoms with Crippen molar-refractivity contribution in [3.8, 4) is 0 Å². The van der Waals surface area contributed by atoms with Crippen LogP contribution in [-0.2, 0) is 4.74 Å². The van der Waals surface area contributed by atoms with Crippen LogP contribution in [0.15, 0.2) is 0 Å². The molecule has 2 unspecified atom stereocenters. The van der Waals surface area contributed by atoms with Crippen molar-refractivity contribution >= 4 is 0 Å². The van der Waals surface area contributed by atoms with Gasteiger partial charge in [-0.1, -0.05) is 19.8 Å². The average molecular weight is 226 g/mol. The maximum atomic E-state index is 6.17. The van der Waals surface area contributed by atoms with E-state index in [0.717, 1.165) is 38.8 Å². The Morgan fingerprint density at radius 2 is 2.00 bits per heavy atom. The summed E-state index contributed by atoms with van der Waals surface area (Å²) >= 11 is 0. The lowest BCUT2D eigenvalue weighted by molar-refractivity contribution is 0.0204. The summed E-state index contributed by atoms with van der Waals surface area (Å²) in [6.07, 6.45) is 6.63. The number of nitrogens with two attached hydrogens (primary N) is 1. The quantitative estimate of drug-likeness (QED) is 0.791. The zero-order chi connectivity index (χ0) is 11.4. The minimum Gasteiger partial charge on any atom is -0.381 e. The van der Waals surface area contributed by atoms with E-state index in [4.69, 9.17) is 10.5 Å². The van der Waals surface area contributed by atoms with Crippen LogP contribution >= 0.6 is 0 Å². The Bertz CT molecular complexity index is 204. The molecule has 0 spiro atoms. The van der Waals surface area contributed by atoms with Gasteiger partial charge in [-0.25, -0.2) is 0 Å². The summed E-state index contributed by atoms with van der Waals surface area (Å²) in [6, 6.07) is 1.17.